The maximum absolute atomic E-state index is 11.6. The number of nitrogens with one attached hydrogen (secondary N) is 1. The monoisotopic (exact) mass is 304 g/mol. The zero-order valence-electron chi connectivity index (χ0n) is 13.3. The van der Waals surface area contributed by atoms with Crippen LogP contribution in [0, 0.1) is 6.42 Å². The van der Waals surface area contributed by atoms with Crippen LogP contribution in [0.25, 0.3) is 0 Å². The molecular formula is C18H26NO3. The maximum Gasteiger partial charge on any atom is 0.312 e. The zero-order valence-corrected chi connectivity index (χ0v) is 13.3. The Morgan fingerprint density at radius 1 is 1.05 bits per heavy atom. The van der Waals surface area contributed by atoms with Crippen molar-refractivity contribution >= 4 is 11.9 Å². The number of ether oxygens (including phenoxy) is 1. The van der Waals surface area contributed by atoms with Crippen LogP contribution in [0.5, 0.6) is 5.75 Å². The first-order valence-corrected chi connectivity index (χ1v) is 8.09. The molecular weight excluding hydrogens is 278 g/mol. The molecule has 0 aliphatic rings. The molecule has 0 spiro atoms. The lowest BCUT2D eigenvalue weighted by Gasteiger charge is -2.05. The quantitative estimate of drug-likeness (QED) is 0.385. The third kappa shape index (κ3) is 9.16. The van der Waals surface area contributed by atoms with E-state index in [0.29, 0.717) is 12.3 Å². The van der Waals surface area contributed by atoms with E-state index in [4.69, 9.17) is 4.74 Å². The molecule has 1 rings (SSSR count). The number of benzene rings is 1. The van der Waals surface area contributed by atoms with Gasteiger partial charge in [0.2, 0.25) is 5.91 Å². The summed E-state index contributed by atoms with van der Waals surface area (Å²) in [7, 11) is 0. The molecule has 0 unspecified atom stereocenters. The lowest BCUT2D eigenvalue weighted by atomic mass is 10.1. The second kappa shape index (κ2) is 11.8. The van der Waals surface area contributed by atoms with Crippen molar-refractivity contribution in [1.29, 1.82) is 0 Å². The average Bonchev–Trinajstić information content (AvgIpc) is 2.53. The van der Waals surface area contributed by atoms with Gasteiger partial charge in [0.25, 0.3) is 0 Å². The van der Waals surface area contributed by atoms with E-state index in [2.05, 4.69) is 12.2 Å². The van der Waals surface area contributed by atoms with Gasteiger partial charge < -0.3 is 10.1 Å². The molecule has 0 aromatic heterocycles. The SMILES string of the molecule is CCCCCCCCNC(=O)[CH]CC(=O)Oc1ccccc1. The highest BCUT2D eigenvalue weighted by atomic mass is 16.5. The fourth-order valence-electron chi connectivity index (χ4n) is 2.03. The van der Waals surface area contributed by atoms with Gasteiger partial charge in [-0.3, -0.25) is 9.59 Å². The Balaban J connectivity index is 2.02. The molecule has 1 N–H and O–H groups in total. The Bertz CT molecular complexity index is 431. The van der Waals surface area contributed by atoms with Gasteiger partial charge in [0.15, 0.2) is 0 Å². The average molecular weight is 304 g/mol. The lowest BCUT2D eigenvalue weighted by molar-refractivity contribution is -0.134. The molecule has 4 nitrogen and oxygen atoms in total. The standard InChI is InChI=1S/C18H26NO3/c1-2-3-4-5-6-10-15-19-17(20)13-14-18(21)22-16-11-8-7-9-12-16/h7-9,11-13H,2-6,10,14-15H2,1H3,(H,19,20). The van der Waals surface area contributed by atoms with Crippen molar-refractivity contribution < 1.29 is 14.3 Å². The van der Waals surface area contributed by atoms with Gasteiger partial charge in [0, 0.05) is 6.54 Å². The minimum Gasteiger partial charge on any atom is -0.427 e. The van der Waals surface area contributed by atoms with Crippen LogP contribution in [0.2, 0.25) is 0 Å². The number of carbonyl (C=O) groups is 2. The van der Waals surface area contributed by atoms with E-state index >= 15 is 0 Å². The van der Waals surface area contributed by atoms with E-state index in [1.807, 2.05) is 6.07 Å². The molecule has 1 amide bonds. The molecule has 121 valence electrons. The number of amides is 1. The Morgan fingerprint density at radius 3 is 2.45 bits per heavy atom. The topological polar surface area (TPSA) is 55.4 Å². The molecule has 1 aromatic carbocycles. The van der Waals surface area contributed by atoms with E-state index in [0.717, 1.165) is 12.8 Å². The number of unbranched alkanes of at least 4 members (excludes halogenated alkanes) is 5. The molecule has 0 saturated carbocycles. The lowest BCUT2D eigenvalue weighted by Crippen LogP contribution is -2.26. The van der Waals surface area contributed by atoms with Crippen molar-refractivity contribution in [2.45, 2.75) is 51.9 Å². The predicted molar refractivity (Wildman–Crippen MR) is 87.4 cm³/mol. The summed E-state index contributed by atoms with van der Waals surface area (Å²) in [6.07, 6.45) is 8.45. The number of carbonyl (C=O) groups excluding carboxylic acids is 2. The normalized spacial score (nSPS) is 10.2. The number of hydrogen-bond donors (Lipinski definition) is 1. The van der Waals surface area contributed by atoms with Crippen molar-refractivity contribution in [3.8, 4) is 5.75 Å². The van der Waals surface area contributed by atoms with Crippen LogP contribution < -0.4 is 10.1 Å². The Morgan fingerprint density at radius 2 is 1.73 bits per heavy atom. The van der Waals surface area contributed by atoms with Crippen LogP contribution >= 0.6 is 0 Å². The van der Waals surface area contributed by atoms with E-state index in [1.165, 1.54) is 32.1 Å². The minimum absolute atomic E-state index is 0.0166. The highest BCUT2D eigenvalue weighted by Crippen LogP contribution is 2.09. The van der Waals surface area contributed by atoms with Gasteiger partial charge in [-0.05, 0) is 18.6 Å². The molecule has 0 bridgehead atoms. The first-order valence-electron chi connectivity index (χ1n) is 8.09. The van der Waals surface area contributed by atoms with Crippen molar-refractivity contribution in [2.75, 3.05) is 6.54 Å². The second-order valence-electron chi connectivity index (χ2n) is 5.25. The van der Waals surface area contributed by atoms with Crippen LogP contribution in [0.15, 0.2) is 30.3 Å². The first-order chi connectivity index (χ1) is 10.7. The van der Waals surface area contributed by atoms with Crippen LogP contribution in [0.1, 0.15) is 51.9 Å². The van der Waals surface area contributed by atoms with Gasteiger partial charge in [-0.2, -0.15) is 0 Å². The highest BCUT2D eigenvalue weighted by Gasteiger charge is 2.09. The fourth-order valence-corrected chi connectivity index (χ4v) is 2.03. The molecule has 22 heavy (non-hydrogen) atoms. The fraction of sp³-hybridized carbons (Fsp3) is 0.500. The molecule has 4 heteroatoms. The van der Waals surface area contributed by atoms with Crippen molar-refractivity contribution in [2.24, 2.45) is 0 Å². The number of hydrogen-bond acceptors (Lipinski definition) is 3. The summed E-state index contributed by atoms with van der Waals surface area (Å²) in [5.74, 6) is -0.145. The van der Waals surface area contributed by atoms with Gasteiger partial charge in [0.1, 0.15) is 5.75 Å². The van der Waals surface area contributed by atoms with E-state index in [9.17, 15) is 9.59 Å². The molecule has 0 fully saturated rings. The second-order valence-corrected chi connectivity index (χ2v) is 5.25. The van der Waals surface area contributed by atoms with Gasteiger partial charge in [0.05, 0.1) is 12.8 Å². The third-order valence-electron chi connectivity index (χ3n) is 3.26. The number of para-hydroxylation sites is 1. The molecule has 0 atom stereocenters. The molecule has 0 aliphatic heterocycles. The van der Waals surface area contributed by atoms with E-state index in [-0.39, 0.29) is 12.3 Å². The molecule has 0 saturated heterocycles. The van der Waals surface area contributed by atoms with E-state index in [1.54, 1.807) is 24.3 Å². The molecule has 1 aromatic rings. The van der Waals surface area contributed by atoms with Crippen molar-refractivity contribution in [1.82, 2.24) is 5.32 Å². The van der Waals surface area contributed by atoms with Crippen molar-refractivity contribution in [3.05, 3.63) is 36.8 Å². The highest BCUT2D eigenvalue weighted by molar-refractivity contribution is 5.89. The summed E-state index contributed by atoms with van der Waals surface area (Å²) in [6, 6.07) is 8.84. The summed E-state index contributed by atoms with van der Waals surface area (Å²) in [5, 5.41) is 2.79. The van der Waals surface area contributed by atoms with Gasteiger partial charge >= 0.3 is 5.97 Å². The Kier molecular flexibility index (Phi) is 9.75. The van der Waals surface area contributed by atoms with E-state index < -0.39 is 5.97 Å². The minimum atomic E-state index is -0.430. The summed E-state index contributed by atoms with van der Waals surface area (Å²) < 4.78 is 5.10. The molecule has 1 radical (unpaired) electrons. The van der Waals surface area contributed by atoms with Gasteiger partial charge in [-0.15, -0.1) is 0 Å². The summed E-state index contributed by atoms with van der Waals surface area (Å²) in [6.45, 7) is 2.86. The smallest absolute Gasteiger partial charge is 0.312 e. The Labute approximate surface area is 133 Å². The summed E-state index contributed by atoms with van der Waals surface area (Å²) in [5.41, 5.74) is 0. The maximum atomic E-state index is 11.6. The third-order valence-corrected chi connectivity index (χ3v) is 3.26. The van der Waals surface area contributed by atoms with Gasteiger partial charge in [-0.1, -0.05) is 57.2 Å². The van der Waals surface area contributed by atoms with Crippen LogP contribution in [0.4, 0.5) is 0 Å². The van der Waals surface area contributed by atoms with Crippen LogP contribution in [-0.4, -0.2) is 18.4 Å². The van der Waals surface area contributed by atoms with Crippen molar-refractivity contribution in [3.63, 3.8) is 0 Å². The number of rotatable bonds is 11. The predicted octanol–water partition coefficient (Wildman–Crippen LogP) is 3.66. The molecule has 0 aliphatic carbocycles. The zero-order chi connectivity index (χ0) is 16.0. The Hall–Kier alpha value is -1.84. The largest absolute Gasteiger partial charge is 0.427 e. The summed E-state index contributed by atoms with van der Waals surface area (Å²) >= 11 is 0. The number of esters is 1. The van der Waals surface area contributed by atoms with Crippen LogP contribution in [0.3, 0.4) is 0 Å². The first kappa shape index (κ1) is 18.2. The van der Waals surface area contributed by atoms with Crippen LogP contribution in [-0.2, 0) is 9.59 Å². The van der Waals surface area contributed by atoms with Gasteiger partial charge in [-0.25, -0.2) is 0 Å². The summed E-state index contributed by atoms with van der Waals surface area (Å²) in [4.78, 5) is 23.1. The molecule has 0 heterocycles.